The number of hydrogen-bond acceptors (Lipinski definition) is 3. The van der Waals surface area contributed by atoms with E-state index in [1.165, 1.54) is 45.3 Å². The van der Waals surface area contributed by atoms with Gasteiger partial charge in [-0.3, -0.25) is 0 Å². The number of likely N-dealkylation sites (tertiary alicyclic amines) is 1. The minimum atomic E-state index is 0. The SMILES string of the molecule is CCNC(=NCc1ccco1)NCCCCN1CCCC1.I. The van der Waals surface area contributed by atoms with Crippen molar-refractivity contribution in [3.05, 3.63) is 24.2 Å². The van der Waals surface area contributed by atoms with Gasteiger partial charge >= 0.3 is 0 Å². The van der Waals surface area contributed by atoms with Crippen molar-refractivity contribution in [2.75, 3.05) is 32.7 Å². The zero-order valence-corrected chi connectivity index (χ0v) is 15.8. The molecule has 0 atom stereocenters. The highest BCUT2D eigenvalue weighted by molar-refractivity contribution is 14.0. The quantitative estimate of drug-likeness (QED) is 0.294. The summed E-state index contributed by atoms with van der Waals surface area (Å²) in [6.45, 7) is 8.33. The predicted octanol–water partition coefficient (Wildman–Crippen LogP) is 2.83. The minimum Gasteiger partial charge on any atom is -0.467 e. The van der Waals surface area contributed by atoms with Crippen LogP contribution in [0.5, 0.6) is 0 Å². The van der Waals surface area contributed by atoms with Crippen molar-refractivity contribution in [3.8, 4) is 0 Å². The molecule has 2 rings (SSSR count). The normalized spacial score (nSPS) is 15.6. The molecule has 0 radical (unpaired) electrons. The Morgan fingerprint density at radius 1 is 1.27 bits per heavy atom. The minimum absolute atomic E-state index is 0. The van der Waals surface area contributed by atoms with Gasteiger partial charge in [-0.2, -0.15) is 0 Å². The van der Waals surface area contributed by atoms with Gasteiger partial charge in [-0.25, -0.2) is 4.99 Å². The van der Waals surface area contributed by atoms with Gasteiger partial charge in [-0.15, -0.1) is 24.0 Å². The van der Waals surface area contributed by atoms with Crippen LogP contribution in [0.2, 0.25) is 0 Å². The van der Waals surface area contributed by atoms with Crippen molar-refractivity contribution in [1.82, 2.24) is 15.5 Å². The van der Waals surface area contributed by atoms with Crippen LogP contribution in [-0.4, -0.2) is 43.6 Å². The maximum Gasteiger partial charge on any atom is 0.191 e. The number of unbranched alkanes of at least 4 members (excludes halogenated alkanes) is 1. The summed E-state index contributed by atoms with van der Waals surface area (Å²) in [7, 11) is 0. The van der Waals surface area contributed by atoms with E-state index < -0.39 is 0 Å². The van der Waals surface area contributed by atoms with Gasteiger partial charge in [0.2, 0.25) is 0 Å². The van der Waals surface area contributed by atoms with Crippen LogP contribution in [0.25, 0.3) is 0 Å². The van der Waals surface area contributed by atoms with Crippen molar-refractivity contribution >= 4 is 29.9 Å². The summed E-state index contributed by atoms with van der Waals surface area (Å²) in [5.41, 5.74) is 0. The number of nitrogens with one attached hydrogen (secondary N) is 2. The maximum absolute atomic E-state index is 5.29. The molecule has 1 aromatic rings. The summed E-state index contributed by atoms with van der Waals surface area (Å²) >= 11 is 0. The molecule has 0 aliphatic carbocycles. The van der Waals surface area contributed by atoms with Crippen molar-refractivity contribution in [2.24, 2.45) is 4.99 Å². The number of nitrogens with zero attached hydrogens (tertiary/aromatic N) is 2. The van der Waals surface area contributed by atoms with Gasteiger partial charge < -0.3 is 20.0 Å². The molecule has 0 saturated carbocycles. The highest BCUT2D eigenvalue weighted by Crippen LogP contribution is 2.07. The fourth-order valence-electron chi connectivity index (χ4n) is 2.57. The molecular formula is C16H29IN4O. The fourth-order valence-corrected chi connectivity index (χ4v) is 2.57. The molecule has 22 heavy (non-hydrogen) atoms. The van der Waals surface area contributed by atoms with E-state index in [4.69, 9.17) is 4.42 Å². The van der Waals surface area contributed by atoms with Gasteiger partial charge in [0.15, 0.2) is 5.96 Å². The van der Waals surface area contributed by atoms with E-state index >= 15 is 0 Å². The van der Waals surface area contributed by atoms with E-state index in [1.807, 2.05) is 12.1 Å². The molecule has 1 aliphatic heterocycles. The van der Waals surface area contributed by atoms with E-state index in [-0.39, 0.29) is 24.0 Å². The van der Waals surface area contributed by atoms with Crippen molar-refractivity contribution < 1.29 is 4.42 Å². The van der Waals surface area contributed by atoms with Gasteiger partial charge in [0.05, 0.1) is 6.26 Å². The molecule has 5 nitrogen and oxygen atoms in total. The average molecular weight is 420 g/mol. The third-order valence-electron chi connectivity index (χ3n) is 3.71. The molecule has 6 heteroatoms. The topological polar surface area (TPSA) is 52.8 Å². The van der Waals surface area contributed by atoms with Crippen LogP contribution in [-0.2, 0) is 6.54 Å². The first-order valence-electron chi connectivity index (χ1n) is 8.15. The van der Waals surface area contributed by atoms with Crippen LogP contribution >= 0.6 is 24.0 Å². The molecule has 126 valence electrons. The standard InChI is InChI=1S/C16H28N4O.HI/c1-2-17-16(19-14-15-8-7-13-21-15)18-9-3-4-10-20-11-5-6-12-20;/h7-8,13H,2-6,9-12,14H2,1H3,(H2,17,18,19);1H. The van der Waals surface area contributed by atoms with Crippen LogP contribution in [0, 0.1) is 0 Å². The molecule has 0 amide bonds. The van der Waals surface area contributed by atoms with Crippen LogP contribution in [0.3, 0.4) is 0 Å². The van der Waals surface area contributed by atoms with Crippen LogP contribution in [0.15, 0.2) is 27.8 Å². The molecule has 1 fully saturated rings. The maximum atomic E-state index is 5.29. The number of guanidine groups is 1. The summed E-state index contributed by atoms with van der Waals surface area (Å²) in [5, 5.41) is 6.65. The number of rotatable bonds is 8. The lowest BCUT2D eigenvalue weighted by Crippen LogP contribution is -2.38. The van der Waals surface area contributed by atoms with Gasteiger partial charge in [0.25, 0.3) is 0 Å². The molecule has 1 saturated heterocycles. The Hall–Kier alpha value is -0.760. The second-order valence-corrected chi connectivity index (χ2v) is 5.46. The Morgan fingerprint density at radius 3 is 2.77 bits per heavy atom. The third-order valence-corrected chi connectivity index (χ3v) is 3.71. The zero-order chi connectivity index (χ0) is 14.8. The first-order valence-corrected chi connectivity index (χ1v) is 8.15. The average Bonchev–Trinajstić information content (AvgIpc) is 3.17. The van der Waals surface area contributed by atoms with Crippen LogP contribution in [0.1, 0.15) is 38.4 Å². The number of furan rings is 1. The molecule has 0 bridgehead atoms. The van der Waals surface area contributed by atoms with E-state index in [1.54, 1.807) is 6.26 Å². The molecule has 0 aromatic carbocycles. The summed E-state index contributed by atoms with van der Waals surface area (Å²) in [6, 6.07) is 3.84. The molecule has 0 spiro atoms. The summed E-state index contributed by atoms with van der Waals surface area (Å²) < 4.78 is 5.29. The van der Waals surface area contributed by atoms with Crippen LogP contribution < -0.4 is 10.6 Å². The van der Waals surface area contributed by atoms with E-state index in [2.05, 4.69) is 27.4 Å². The van der Waals surface area contributed by atoms with Crippen molar-refractivity contribution in [2.45, 2.75) is 39.2 Å². The van der Waals surface area contributed by atoms with Crippen molar-refractivity contribution in [3.63, 3.8) is 0 Å². The Kier molecular flexibility index (Phi) is 10.3. The summed E-state index contributed by atoms with van der Waals surface area (Å²) in [4.78, 5) is 7.09. The lowest BCUT2D eigenvalue weighted by atomic mass is 10.3. The molecule has 1 aliphatic rings. The first-order chi connectivity index (χ1) is 10.4. The molecular weight excluding hydrogens is 391 g/mol. The van der Waals surface area contributed by atoms with Crippen molar-refractivity contribution in [1.29, 1.82) is 0 Å². The largest absolute Gasteiger partial charge is 0.467 e. The van der Waals surface area contributed by atoms with E-state index in [9.17, 15) is 0 Å². The smallest absolute Gasteiger partial charge is 0.191 e. The Balaban J connectivity index is 0.00000242. The second-order valence-electron chi connectivity index (χ2n) is 5.46. The lowest BCUT2D eigenvalue weighted by molar-refractivity contribution is 0.330. The van der Waals surface area contributed by atoms with E-state index in [0.29, 0.717) is 6.54 Å². The fraction of sp³-hybridized carbons (Fsp3) is 0.688. The molecule has 2 N–H and O–H groups in total. The Bertz CT molecular complexity index is 402. The highest BCUT2D eigenvalue weighted by Gasteiger charge is 2.09. The van der Waals surface area contributed by atoms with Gasteiger partial charge in [-0.1, -0.05) is 0 Å². The van der Waals surface area contributed by atoms with Gasteiger partial charge in [0, 0.05) is 13.1 Å². The third kappa shape index (κ3) is 7.49. The number of aliphatic imine (C=N–C) groups is 1. The zero-order valence-electron chi connectivity index (χ0n) is 13.5. The van der Waals surface area contributed by atoms with Gasteiger partial charge in [0.1, 0.15) is 12.3 Å². The van der Waals surface area contributed by atoms with Crippen LogP contribution in [0.4, 0.5) is 0 Å². The highest BCUT2D eigenvalue weighted by atomic mass is 127. The van der Waals surface area contributed by atoms with E-state index in [0.717, 1.165) is 24.8 Å². The number of hydrogen-bond donors (Lipinski definition) is 2. The number of halogens is 1. The predicted molar refractivity (Wildman–Crippen MR) is 102 cm³/mol. The summed E-state index contributed by atoms with van der Waals surface area (Å²) in [5.74, 6) is 1.76. The molecule has 2 heterocycles. The first kappa shape index (κ1) is 19.3. The Morgan fingerprint density at radius 2 is 2.09 bits per heavy atom. The second kappa shape index (κ2) is 11.8. The molecule has 1 aromatic heterocycles. The lowest BCUT2D eigenvalue weighted by Gasteiger charge is -2.15. The molecule has 0 unspecified atom stereocenters. The monoisotopic (exact) mass is 420 g/mol. The summed E-state index contributed by atoms with van der Waals surface area (Å²) in [6.07, 6.45) is 6.88. The Labute approximate surface area is 150 Å². The van der Waals surface area contributed by atoms with Gasteiger partial charge in [-0.05, 0) is 64.4 Å².